The number of hydrogen-bond acceptors (Lipinski definition) is 5. The quantitative estimate of drug-likeness (QED) is 0.844. The third-order valence-electron chi connectivity index (χ3n) is 3.40. The van der Waals surface area contributed by atoms with Crippen molar-refractivity contribution in [2.24, 2.45) is 0 Å². The SMILES string of the molecule is CC1(C)O[C@H]2O[C@H](C#N)[C@@H](OCc3ccccc3)[C@H]2O1. The normalized spacial score (nSPS) is 34.6. The molecule has 0 spiro atoms. The van der Waals surface area contributed by atoms with Crippen LogP contribution in [0.25, 0.3) is 0 Å². The lowest BCUT2D eigenvalue weighted by Gasteiger charge is -2.23. The van der Waals surface area contributed by atoms with Gasteiger partial charge in [-0.3, -0.25) is 0 Å². The van der Waals surface area contributed by atoms with Crippen molar-refractivity contribution in [2.45, 2.75) is 50.8 Å². The molecule has 4 atom stereocenters. The zero-order valence-electron chi connectivity index (χ0n) is 11.5. The first kappa shape index (κ1) is 13.5. The highest BCUT2D eigenvalue weighted by atomic mass is 16.8. The lowest BCUT2D eigenvalue weighted by atomic mass is 10.1. The summed E-state index contributed by atoms with van der Waals surface area (Å²) in [5, 5.41) is 9.15. The minimum Gasteiger partial charge on any atom is -0.367 e. The van der Waals surface area contributed by atoms with E-state index in [1.807, 2.05) is 44.2 Å². The van der Waals surface area contributed by atoms with Crippen molar-refractivity contribution in [1.29, 1.82) is 5.26 Å². The molecular weight excluding hydrogens is 258 g/mol. The molecule has 1 aromatic carbocycles. The summed E-state index contributed by atoms with van der Waals surface area (Å²) in [6.45, 7) is 4.06. The Labute approximate surface area is 118 Å². The molecule has 2 fully saturated rings. The Morgan fingerprint density at radius 3 is 2.70 bits per heavy atom. The Kier molecular flexibility index (Phi) is 3.48. The molecule has 2 aliphatic rings. The number of nitrogens with zero attached hydrogens (tertiary/aromatic N) is 1. The Bertz CT molecular complexity index is 510. The van der Waals surface area contributed by atoms with Crippen molar-refractivity contribution in [3.8, 4) is 6.07 Å². The van der Waals surface area contributed by atoms with Crippen LogP contribution in [0.5, 0.6) is 0 Å². The number of hydrogen-bond donors (Lipinski definition) is 0. The van der Waals surface area contributed by atoms with E-state index in [0.717, 1.165) is 5.56 Å². The van der Waals surface area contributed by atoms with Gasteiger partial charge in [-0.25, -0.2) is 0 Å². The average Bonchev–Trinajstić information content (AvgIpc) is 2.89. The van der Waals surface area contributed by atoms with E-state index in [1.54, 1.807) is 0 Å². The molecule has 0 unspecified atom stereocenters. The lowest BCUT2D eigenvalue weighted by Crippen LogP contribution is -2.36. The van der Waals surface area contributed by atoms with Crippen LogP contribution in [0.1, 0.15) is 19.4 Å². The van der Waals surface area contributed by atoms with E-state index in [4.69, 9.17) is 24.2 Å². The minimum atomic E-state index is -0.704. The topological polar surface area (TPSA) is 60.7 Å². The maximum absolute atomic E-state index is 9.15. The lowest BCUT2D eigenvalue weighted by molar-refractivity contribution is -0.212. The van der Waals surface area contributed by atoms with E-state index in [0.29, 0.717) is 6.61 Å². The van der Waals surface area contributed by atoms with Crippen molar-refractivity contribution in [2.75, 3.05) is 0 Å². The fraction of sp³-hybridized carbons (Fsp3) is 0.533. The first-order chi connectivity index (χ1) is 9.59. The van der Waals surface area contributed by atoms with Crippen molar-refractivity contribution in [3.05, 3.63) is 35.9 Å². The molecule has 0 aromatic heterocycles. The molecule has 5 heteroatoms. The summed E-state index contributed by atoms with van der Waals surface area (Å²) in [6.07, 6.45) is -1.99. The number of rotatable bonds is 3. The second kappa shape index (κ2) is 5.15. The van der Waals surface area contributed by atoms with Crippen molar-refractivity contribution in [3.63, 3.8) is 0 Å². The van der Waals surface area contributed by atoms with Crippen molar-refractivity contribution < 1.29 is 18.9 Å². The summed E-state index contributed by atoms with van der Waals surface area (Å²) in [4.78, 5) is 0. The van der Waals surface area contributed by atoms with E-state index in [2.05, 4.69) is 6.07 Å². The second-order valence-electron chi connectivity index (χ2n) is 5.42. The Balaban J connectivity index is 1.69. The third-order valence-corrected chi connectivity index (χ3v) is 3.40. The average molecular weight is 275 g/mol. The summed E-state index contributed by atoms with van der Waals surface area (Å²) in [5.74, 6) is -0.704. The highest BCUT2D eigenvalue weighted by molar-refractivity contribution is 5.14. The Morgan fingerprint density at radius 1 is 1.25 bits per heavy atom. The molecule has 3 rings (SSSR count). The zero-order chi connectivity index (χ0) is 14.2. The Hall–Kier alpha value is -1.45. The number of fused-ring (bicyclic) bond motifs is 1. The van der Waals surface area contributed by atoms with Crippen LogP contribution >= 0.6 is 0 Å². The summed E-state index contributed by atoms with van der Waals surface area (Å²) in [7, 11) is 0. The van der Waals surface area contributed by atoms with Gasteiger partial charge in [0.15, 0.2) is 18.2 Å². The minimum absolute atomic E-state index is 0.363. The summed E-state index contributed by atoms with van der Waals surface area (Å²) in [5.41, 5.74) is 1.05. The molecule has 1 aromatic rings. The van der Waals surface area contributed by atoms with E-state index < -0.39 is 24.3 Å². The van der Waals surface area contributed by atoms with Gasteiger partial charge < -0.3 is 18.9 Å². The molecule has 0 N–H and O–H groups in total. The summed E-state index contributed by atoms with van der Waals surface area (Å²) < 4.78 is 22.8. The van der Waals surface area contributed by atoms with Gasteiger partial charge >= 0.3 is 0 Å². The molecule has 106 valence electrons. The van der Waals surface area contributed by atoms with E-state index in [1.165, 1.54) is 0 Å². The molecule has 0 saturated carbocycles. The fourth-order valence-corrected chi connectivity index (χ4v) is 2.53. The van der Waals surface area contributed by atoms with E-state index in [9.17, 15) is 0 Å². The number of benzene rings is 1. The molecule has 0 amide bonds. The Morgan fingerprint density at radius 2 is 2.00 bits per heavy atom. The maximum atomic E-state index is 9.15. The van der Waals surface area contributed by atoms with Gasteiger partial charge in [0, 0.05) is 0 Å². The van der Waals surface area contributed by atoms with Gasteiger partial charge in [-0.1, -0.05) is 30.3 Å². The first-order valence-corrected chi connectivity index (χ1v) is 6.65. The number of ether oxygens (including phenoxy) is 4. The molecule has 0 bridgehead atoms. The van der Waals surface area contributed by atoms with Crippen LogP contribution in [0.15, 0.2) is 30.3 Å². The molecule has 0 radical (unpaired) electrons. The largest absolute Gasteiger partial charge is 0.367 e. The summed E-state index contributed by atoms with van der Waals surface area (Å²) in [6, 6.07) is 11.9. The smallest absolute Gasteiger partial charge is 0.191 e. The van der Waals surface area contributed by atoms with Crippen LogP contribution in [-0.4, -0.2) is 30.4 Å². The third kappa shape index (κ3) is 2.56. The van der Waals surface area contributed by atoms with Crippen molar-refractivity contribution >= 4 is 0 Å². The van der Waals surface area contributed by atoms with Crippen LogP contribution in [0.4, 0.5) is 0 Å². The van der Waals surface area contributed by atoms with Gasteiger partial charge in [0.25, 0.3) is 0 Å². The molecule has 2 saturated heterocycles. The number of nitriles is 1. The predicted octanol–water partition coefficient (Wildman–Crippen LogP) is 1.97. The molecule has 2 aliphatic heterocycles. The van der Waals surface area contributed by atoms with E-state index >= 15 is 0 Å². The first-order valence-electron chi connectivity index (χ1n) is 6.65. The molecule has 2 heterocycles. The van der Waals surface area contributed by atoms with Gasteiger partial charge in [-0.15, -0.1) is 0 Å². The van der Waals surface area contributed by atoms with E-state index in [-0.39, 0.29) is 6.10 Å². The zero-order valence-corrected chi connectivity index (χ0v) is 11.5. The summed E-state index contributed by atoms with van der Waals surface area (Å²) >= 11 is 0. The molecule has 0 aliphatic carbocycles. The van der Waals surface area contributed by atoms with Crippen LogP contribution < -0.4 is 0 Å². The van der Waals surface area contributed by atoms with Gasteiger partial charge in [0.05, 0.1) is 12.7 Å². The van der Waals surface area contributed by atoms with Crippen LogP contribution in [0, 0.1) is 11.3 Å². The molecule has 5 nitrogen and oxygen atoms in total. The second-order valence-corrected chi connectivity index (χ2v) is 5.42. The maximum Gasteiger partial charge on any atom is 0.191 e. The molecule has 20 heavy (non-hydrogen) atoms. The van der Waals surface area contributed by atoms with Gasteiger partial charge in [-0.05, 0) is 19.4 Å². The van der Waals surface area contributed by atoms with Crippen molar-refractivity contribution in [1.82, 2.24) is 0 Å². The van der Waals surface area contributed by atoms with Gasteiger partial charge in [0.1, 0.15) is 12.2 Å². The fourth-order valence-electron chi connectivity index (χ4n) is 2.53. The molecular formula is C15H17NO4. The van der Waals surface area contributed by atoms with Crippen LogP contribution in [0.3, 0.4) is 0 Å². The highest BCUT2D eigenvalue weighted by Crippen LogP contribution is 2.38. The van der Waals surface area contributed by atoms with Crippen LogP contribution in [0.2, 0.25) is 0 Å². The highest BCUT2D eigenvalue weighted by Gasteiger charge is 2.55. The van der Waals surface area contributed by atoms with Crippen LogP contribution in [-0.2, 0) is 25.6 Å². The van der Waals surface area contributed by atoms with Gasteiger partial charge in [0.2, 0.25) is 0 Å². The standard InChI is InChI=1S/C15H17NO4/c1-15(2)19-13-12(11(8-16)18-14(13)20-15)17-9-10-6-4-3-5-7-10/h3-7,11-14H,9H2,1-2H3/t11-,12-,13-,14-/m1/s1. The predicted molar refractivity (Wildman–Crippen MR) is 69.3 cm³/mol. The van der Waals surface area contributed by atoms with Gasteiger partial charge in [-0.2, -0.15) is 5.26 Å². The monoisotopic (exact) mass is 275 g/mol.